The van der Waals surface area contributed by atoms with Gasteiger partial charge in [-0.25, -0.2) is 0 Å². The van der Waals surface area contributed by atoms with Gasteiger partial charge in [0.2, 0.25) is 0 Å². The Labute approximate surface area is 77.1 Å². The topological polar surface area (TPSA) is 9.23 Å². The van der Waals surface area contributed by atoms with Gasteiger partial charge in [-0.05, 0) is 31.5 Å². The fourth-order valence-corrected chi connectivity index (χ4v) is 2.23. The highest BCUT2D eigenvalue weighted by Crippen LogP contribution is 2.36. The van der Waals surface area contributed by atoms with Crippen LogP contribution in [0.3, 0.4) is 0 Å². The Bertz CT molecular complexity index is 296. The molecule has 0 spiro atoms. The van der Waals surface area contributed by atoms with Gasteiger partial charge in [0.05, 0.1) is 0 Å². The van der Waals surface area contributed by atoms with Crippen LogP contribution in [0.1, 0.15) is 12.5 Å². The Kier molecular flexibility index (Phi) is 2.01. The van der Waals surface area contributed by atoms with Gasteiger partial charge < -0.3 is 4.74 Å². The lowest BCUT2D eigenvalue weighted by molar-refractivity contribution is 0.307. The minimum Gasteiger partial charge on any atom is -0.491 e. The van der Waals surface area contributed by atoms with E-state index in [1.807, 2.05) is 11.8 Å². The van der Waals surface area contributed by atoms with E-state index in [9.17, 15) is 0 Å². The number of hydrogen-bond acceptors (Lipinski definition) is 2. The Morgan fingerprint density at radius 3 is 3.17 bits per heavy atom. The predicted octanol–water partition coefficient (Wildman–Crippen LogP) is 2.87. The zero-order valence-corrected chi connectivity index (χ0v) is 8.15. The average Bonchev–Trinajstić information content (AvgIpc) is 2.05. The third kappa shape index (κ3) is 1.44. The highest BCUT2D eigenvalue weighted by atomic mass is 32.2. The molecular formula is C10H12OS. The standard InChI is InChI=1S/C10H12OS/c1-7-3-4-10-9(5-7)11-6-8(2)12-10/h3-5,8H,6H2,1-2H3. The maximum absolute atomic E-state index is 5.60. The highest BCUT2D eigenvalue weighted by Gasteiger charge is 2.15. The van der Waals surface area contributed by atoms with Crippen LogP contribution in [-0.4, -0.2) is 11.9 Å². The third-order valence-corrected chi connectivity index (χ3v) is 3.03. The summed E-state index contributed by atoms with van der Waals surface area (Å²) in [6, 6.07) is 6.38. The zero-order chi connectivity index (χ0) is 8.55. The molecule has 0 aromatic heterocycles. The SMILES string of the molecule is Cc1ccc2c(c1)OCC(C)S2. The first-order valence-electron chi connectivity index (χ1n) is 4.16. The van der Waals surface area contributed by atoms with Gasteiger partial charge >= 0.3 is 0 Å². The minimum atomic E-state index is 0.584. The molecule has 0 N–H and O–H groups in total. The summed E-state index contributed by atoms with van der Waals surface area (Å²) in [6.45, 7) is 5.11. The molecule has 0 saturated carbocycles. The van der Waals surface area contributed by atoms with E-state index in [2.05, 4.69) is 32.0 Å². The number of benzene rings is 1. The summed E-state index contributed by atoms with van der Waals surface area (Å²) in [6.07, 6.45) is 0. The molecule has 1 aromatic carbocycles. The summed E-state index contributed by atoms with van der Waals surface area (Å²) >= 11 is 1.90. The first kappa shape index (κ1) is 7.99. The van der Waals surface area contributed by atoms with Crippen molar-refractivity contribution >= 4 is 11.8 Å². The molecule has 1 atom stereocenters. The molecule has 2 rings (SSSR count). The van der Waals surface area contributed by atoms with Gasteiger partial charge in [0.1, 0.15) is 12.4 Å². The Morgan fingerprint density at radius 2 is 2.33 bits per heavy atom. The second-order valence-electron chi connectivity index (χ2n) is 3.19. The van der Waals surface area contributed by atoms with Crippen molar-refractivity contribution in [1.29, 1.82) is 0 Å². The van der Waals surface area contributed by atoms with Gasteiger partial charge in [0.25, 0.3) is 0 Å². The number of hydrogen-bond donors (Lipinski definition) is 0. The quantitative estimate of drug-likeness (QED) is 0.607. The minimum absolute atomic E-state index is 0.584. The van der Waals surface area contributed by atoms with Crippen molar-refractivity contribution < 1.29 is 4.74 Å². The molecule has 0 radical (unpaired) electrons. The molecule has 1 aliphatic rings. The van der Waals surface area contributed by atoms with Crippen molar-refractivity contribution in [1.82, 2.24) is 0 Å². The number of fused-ring (bicyclic) bond motifs is 1. The molecule has 1 unspecified atom stereocenters. The predicted molar refractivity (Wildman–Crippen MR) is 52.0 cm³/mol. The van der Waals surface area contributed by atoms with Crippen LogP contribution in [0.25, 0.3) is 0 Å². The monoisotopic (exact) mass is 180 g/mol. The Hall–Kier alpha value is -0.630. The maximum atomic E-state index is 5.60. The van der Waals surface area contributed by atoms with Crippen LogP contribution >= 0.6 is 11.8 Å². The average molecular weight is 180 g/mol. The van der Waals surface area contributed by atoms with Gasteiger partial charge in [-0.1, -0.05) is 6.07 Å². The molecular weight excluding hydrogens is 168 g/mol. The highest BCUT2D eigenvalue weighted by molar-refractivity contribution is 8.00. The molecule has 0 saturated heterocycles. The van der Waals surface area contributed by atoms with Crippen LogP contribution in [0.2, 0.25) is 0 Å². The van der Waals surface area contributed by atoms with Crippen molar-refractivity contribution in [3.8, 4) is 5.75 Å². The van der Waals surface area contributed by atoms with Gasteiger partial charge in [-0.3, -0.25) is 0 Å². The fourth-order valence-electron chi connectivity index (χ4n) is 1.28. The lowest BCUT2D eigenvalue weighted by atomic mass is 10.2. The lowest BCUT2D eigenvalue weighted by Crippen LogP contribution is -2.15. The molecule has 1 aromatic rings. The number of ether oxygens (including phenoxy) is 1. The van der Waals surface area contributed by atoms with Crippen LogP contribution in [0.15, 0.2) is 23.1 Å². The molecule has 64 valence electrons. The smallest absolute Gasteiger partial charge is 0.133 e. The van der Waals surface area contributed by atoms with E-state index in [1.165, 1.54) is 10.5 Å². The van der Waals surface area contributed by atoms with E-state index in [0.717, 1.165) is 12.4 Å². The van der Waals surface area contributed by atoms with E-state index in [-0.39, 0.29) is 0 Å². The lowest BCUT2D eigenvalue weighted by Gasteiger charge is -2.21. The molecule has 1 nitrogen and oxygen atoms in total. The maximum Gasteiger partial charge on any atom is 0.133 e. The molecule has 0 aliphatic carbocycles. The third-order valence-electron chi connectivity index (χ3n) is 1.90. The Morgan fingerprint density at radius 1 is 1.50 bits per heavy atom. The number of thioether (sulfide) groups is 1. The fraction of sp³-hybridized carbons (Fsp3) is 0.400. The normalized spacial score (nSPS) is 21.3. The van der Waals surface area contributed by atoms with Crippen LogP contribution in [0.4, 0.5) is 0 Å². The van der Waals surface area contributed by atoms with Crippen molar-refractivity contribution in [2.24, 2.45) is 0 Å². The second-order valence-corrected chi connectivity index (χ2v) is 4.67. The van der Waals surface area contributed by atoms with Crippen LogP contribution in [0.5, 0.6) is 5.75 Å². The number of aryl methyl sites for hydroxylation is 1. The van der Waals surface area contributed by atoms with Gasteiger partial charge in [-0.15, -0.1) is 11.8 Å². The van der Waals surface area contributed by atoms with Crippen LogP contribution < -0.4 is 4.74 Å². The molecule has 2 heteroatoms. The molecule has 1 aliphatic heterocycles. The van der Waals surface area contributed by atoms with E-state index >= 15 is 0 Å². The van der Waals surface area contributed by atoms with E-state index in [1.54, 1.807) is 0 Å². The van der Waals surface area contributed by atoms with Gasteiger partial charge in [-0.2, -0.15) is 0 Å². The molecule has 0 amide bonds. The van der Waals surface area contributed by atoms with E-state index < -0.39 is 0 Å². The summed E-state index contributed by atoms with van der Waals surface area (Å²) in [4.78, 5) is 1.28. The summed E-state index contributed by atoms with van der Waals surface area (Å²) in [5.74, 6) is 1.05. The van der Waals surface area contributed by atoms with Gasteiger partial charge in [0, 0.05) is 10.1 Å². The molecule has 12 heavy (non-hydrogen) atoms. The van der Waals surface area contributed by atoms with E-state index in [0.29, 0.717) is 5.25 Å². The second kappa shape index (κ2) is 3.02. The molecule has 0 bridgehead atoms. The summed E-state index contributed by atoms with van der Waals surface area (Å²) in [5.41, 5.74) is 1.27. The zero-order valence-electron chi connectivity index (χ0n) is 7.33. The first-order chi connectivity index (χ1) is 5.75. The largest absolute Gasteiger partial charge is 0.491 e. The Balaban J connectivity index is 2.37. The van der Waals surface area contributed by atoms with Crippen LogP contribution in [-0.2, 0) is 0 Å². The summed E-state index contributed by atoms with van der Waals surface area (Å²) < 4.78 is 5.60. The molecule has 0 fully saturated rings. The van der Waals surface area contributed by atoms with E-state index in [4.69, 9.17) is 4.74 Å². The van der Waals surface area contributed by atoms with Gasteiger partial charge in [0.15, 0.2) is 0 Å². The first-order valence-corrected chi connectivity index (χ1v) is 5.04. The van der Waals surface area contributed by atoms with Crippen molar-refractivity contribution in [3.05, 3.63) is 23.8 Å². The van der Waals surface area contributed by atoms with Crippen molar-refractivity contribution in [2.45, 2.75) is 24.0 Å². The van der Waals surface area contributed by atoms with Crippen molar-refractivity contribution in [2.75, 3.05) is 6.61 Å². The van der Waals surface area contributed by atoms with Crippen molar-refractivity contribution in [3.63, 3.8) is 0 Å². The summed E-state index contributed by atoms with van der Waals surface area (Å²) in [7, 11) is 0. The summed E-state index contributed by atoms with van der Waals surface area (Å²) in [5, 5.41) is 0.584. The van der Waals surface area contributed by atoms with Crippen LogP contribution in [0, 0.1) is 6.92 Å². The molecule has 1 heterocycles. The number of rotatable bonds is 0.